The lowest BCUT2D eigenvalue weighted by Gasteiger charge is -2.28. The van der Waals surface area contributed by atoms with E-state index in [-0.39, 0.29) is 6.17 Å². The summed E-state index contributed by atoms with van der Waals surface area (Å²) in [5.74, 6) is 0. The van der Waals surface area contributed by atoms with Crippen molar-refractivity contribution in [1.29, 1.82) is 5.26 Å². The van der Waals surface area contributed by atoms with E-state index in [0.29, 0.717) is 6.73 Å². The summed E-state index contributed by atoms with van der Waals surface area (Å²) in [5, 5.41) is 13.6. The van der Waals surface area contributed by atoms with E-state index >= 15 is 0 Å². The summed E-state index contributed by atoms with van der Waals surface area (Å²) in [6.07, 6.45) is 11.0. The first kappa shape index (κ1) is 22.6. The van der Waals surface area contributed by atoms with E-state index in [1.807, 2.05) is 24.5 Å². The summed E-state index contributed by atoms with van der Waals surface area (Å²) < 4.78 is 5.97. The molecule has 3 aliphatic rings. The Morgan fingerprint density at radius 1 is 1.21 bits per heavy atom. The zero-order chi connectivity index (χ0) is 23.8. The summed E-state index contributed by atoms with van der Waals surface area (Å²) in [6, 6.07) is 14.2. The van der Waals surface area contributed by atoms with Gasteiger partial charge in [-0.2, -0.15) is 5.26 Å². The molecule has 0 amide bonds. The SMILES string of the molecule is C[Si](C)(C)CCOCN1C=CC2=C(c3cncc(C4(C#N)Cc5ccccc5C4)c3)NC=NC21. The van der Waals surface area contributed by atoms with E-state index < -0.39 is 13.5 Å². The van der Waals surface area contributed by atoms with Gasteiger partial charge in [0.2, 0.25) is 0 Å². The molecule has 0 fully saturated rings. The standard InChI is InChI=1S/C27H31N5OSi/c1-34(2,3)11-10-33-19-32-9-8-24-25(30-18-31-26(24)32)22-12-23(16-29-15-22)27(17-28)13-20-6-4-5-7-21(20)14-27/h4-9,12,15-16,18,26H,10-11,13-14,19H2,1-3H3,(H,30,31). The molecule has 7 heteroatoms. The largest absolute Gasteiger partial charge is 0.361 e. The average molecular weight is 470 g/mol. The van der Waals surface area contributed by atoms with Crippen LogP contribution in [0.3, 0.4) is 0 Å². The van der Waals surface area contributed by atoms with Crippen LogP contribution in [0.15, 0.2) is 65.6 Å². The monoisotopic (exact) mass is 469 g/mol. The minimum atomic E-state index is -1.11. The van der Waals surface area contributed by atoms with E-state index in [1.54, 1.807) is 6.34 Å². The number of nitrogens with zero attached hydrogens (tertiary/aromatic N) is 4. The predicted octanol–water partition coefficient (Wildman–Crippen LogP) is 4.45. The maximum atomic E-state index is 10.2. The molecule has 34 heavy (non-hydrogen) atoms. The fraction of sp³-hybridized carbons (Fsp3) is 0.370. The fourth-order valence-corrected chi connectivity index (χ4v) is 5.63. The van der Waals surface area contributed by atoms with Gasteiger partial charge >= 0.3 is 0 Å². The molecule has 0 spiro atoms. The second-order valence-electron chi connectivity index (χ2n) is 10.6. The third kappa shape index (κ3) is 4.31. The molecular formula is C27H31N5OSi. The predicted molar refractivity (Wildman–Crippen MR) is 138 cm³/mol. The van der Waals surface area contributed by atoms with Crippen LogP contribution in [0.4, 0.5) is 0 Å². The van der Waals surface area contributed by atoms with Crippen molar-refractivity contribution >= 4 is 20.1 Å². The van der Waals surface area contributed by atoms with Gasteiger partial charge in [0.1, 0.15) is 6.73 Å². The van der Waals surface area contributed by atoms with E-state index in [0.717, 1.165) is 47.9 Å². The first-order valence-corrected chi connectivity index (χ1v) is 15.6. The van der Waals surface area contributed by atoms with Crippen molar-refractivity contribution in [3.8, 4) is 6.07 Å². The van der Waals surface area contributed by atoms with Gasteiger partial charge in [-0.3, -0.25) is 4.98 Å². The van der Waals surface area contributed by atoms with E-state index in [9.17, 15) is 5.26 Å². The van der Waals surface area contributed by atoms with E-state index in [4.69, 9.17) is 4.74 Å². The molecule has 6 nitrogen and oxygen atoms in total. The lowest BCUT2D eigenvalue weighted by molar-refractivity contribution is 0.0532. The molecule has 5 rings (SSSR count). The van der Waals surface area contributed by atoms with Gasteiger partial charge in [-0.05, 0) is 47.7 Å². The Hall–Kier alpha value is -3.21. The Bertz CT molecular complexity index is 1200. The van der Waals surface area contributed by atoms with Crippen LogP contribution in [-0.2, 0) is 23.0 Å². The number of nitrogens with one attached hydrogen (secondary N) is 1. The second kappa shape index (κ2) is 8.86. The third-order valence-corrected chi connectivity index (χ3v) is 8.59. The Kier molecular flexibility index (Phi) is 5.88. The zero-order valence-corrected chi connectivity index (χ0v) is 21.1. The molecule has 0 saturated heterocycles. The fourth-order valence-electron chi connectivity index (χ4n) is 4.87. The Labute approximate surface area is 202 Å². The van der Waals surface area contributed by atoms with E-state index in [2.05, 4.69) is 76.4 Å². The number of hydrogen-bond acceptors (Lipinski definition) is 6. The molecule has 0 saturated carbocycles. The van der Waals surface area contributed by atoms with Gasteiger partial charge in [0, 0.05) is 44.4 Å². The minimum absolute atomic E-state index is 0.104. The van der Waals surface area contributed by atoms with Crippen molar-refractivity contribution in [2.24, 2.45) is 4.99 Å². The number of aliphatic imine (C=N–C) groups is 1. The number of pyridine rings is 1. The van der Waals surface area contributed by atoms with Crippen molar-refractivity contribution in [1.82, 2.24) is 15.2 Å². The molecule has 174 valence electrons. The molecular weight excluding hydrogens is 438 g/mol. The maximum absolute atomic E-state index is 10.2. The lowest BCUT2D eigenvalue weighted by atomic mass is 9.79. The van der Waals surface area contributed by atoms with Gasteiger partial charge in [0.25, 0.3) is 0 Å². The van der Waals surface area contributed by atoms with Crippen LogP contribution < -0.4 is 5.32 Å². The molecule has 2 aromatic rings. The van der Waals surface area contributed by atoms with Crippen LogP contribution >= 0.6 is 0 Å². The topological polar surface area (TPSA) is 73.5 Å². The number of aromatic nitrogens is 1. The van der Waals surface area contributed by atoms with Crippen LogP contribution in [0.25, 0.3) is 5.70 Å². The summed E-state index contributed by atoms with van der Waals surface area (Å²) >= 11 is 0. The Balaban J connectivity index is 1.37. The number of benzene rings is 1. The first-order chi connectivity index (χ1) is 16.4. The summed E-state index contributed by atoms with van der Waals surface area (Å²) in [6.45, 7) is 8.39. The third-order valence-electron chi connectivity index (χ3n) is 6.88. The highest BCUT2D eigenvalue weighted by atomic mass is 28.3. The number of rotatable bonds is 7. The van der Waals surface area contributed by atoms with Crippen LogP contribution in [0, 0.1) is 11.3 Å². The van der Waals surface area contributed by atoms with Gasteiger partial charge in [-0.25, -0.2) is 4.99 Å². The highest BCUT2D eigenvalue weighted by molar-refractivity contribution is 6.76. The second-order valence-corrected chi connectivity index (χ2v) is 16.2. The average Bonchev–Trinajstić information content (AvgIpc) is 3.43. The quantitative estimate of drug-likeness (QED) is 0.479. The molecule has 2 aliphatic heterocycles. The molecule has 0 bridgehead atoms. The molecule has 3 heterocycles. The normalized spacial score (nSPS) is 20.2. The molecule has 1 aromatic heterocycles. The van der Waals surface area contributed by atoms with Crippen LogP contribution in [0.2, 0.25) is 25.7 Å². The van der Waals surface area contributed by atoms with Crippen molar-refractivity contribution in [3.63, 3.8) is 0 Å². The van der Waals surface area contributed by atoms with Crippen molar-refractivity contribution in [2.45, 2.75) is 50.1 Å². The number of ether oxygens (including phenoxy) is 1. The van der Waals surface area contributed by atoms with Crippen molar-refractivity contribution in [3.05, 3.63) is 82.8 Å². The smallest absolute Gasteiger partial charge is 0.152 e. The summed E-state index contributed by atoms with van der Waals surface area (Å²) in [4.78, 5) is 11.3. The summed E-state index contributed by atoms with van der Waals surface area (Å²) in [5.41, 5.74) is 5.94. The van der Waals surface area contributed by atoms with Crippen molar-refractivity contribution < 1.29 is 4.74 Å². The minimum Gasteiger partial charge on any atom is -0.361 e. The van der Waals surface area contributed by atoms with E-state index in [1.165, 1.54) is 11.1 Å². The van der Waals surface area contributed by atoms with Gasteiger partial charge in [-0.15, -0.1) is 0 Å². The first-order valence-electron chi connectivity index (χ1n) is 11.9. The van der Waals surface area contributed by atoms with Gasteiger partial charge < -0.3 is 15.0 Å². The summed E-state index contributed by atoms with van der Waals surface area (Å²) in [7, 11) is -1.11. The molecule has 1 unspecified atom stereocenters. The Morgan fingerprint density at radius 2 is 1.97 bits per heavy atom. The number of hydrogen-bond donors (Lipinski definition) is 1. The van der Waals surface area contributed by atoms with Gasteiger partial charge in [-0.1, -0.05) is 43.9 Å². The number of fused-ring (bicyclic) bond motifs is 2. The Morgan fingerprint density at radius 3 is 2.68 bits per heavy atom. The van der Waals surface area contributed by atoms with Crippen molar-refractivity contribution in [2.75, 3.05) is 13.3 Å². The molecule has 1 atom stereocenters. The van der Waals surface area contributed by atoms with Crippen LogP contribution in [0.5, 0.6) is 0 Å². The van der Waals surface area contributed by atoms with Gasteiger partial charge in [0.05, 0.1) is 23.5 Å². The molecule has 0 radical (unpaired) electrons. The maximum Gasteiger partial charge on any atom is 0.152 e. The molecule has 1 aliphatic carbocycles. The van der Waals surface area contributed by atoms with Crippen LogP contribution in [0.1, 0.15) is 22.3 Å². The highest BCUT2D eigenvalue weighted by Gasteiger charge is 2.40. The molecule has 1 N–H and O–H groups in total. The lowest BCUT2D eigenvalue weighted by Crippen LogP contribution is -2.34. The van der Waals surface area contributed by atoms with Gasteiger partial charge in [0.15, 0.2) is 6.17 Å². The zero-order valence-electron chi connectivity index (χ0n) is 20.1. The van der Waals surface area contributed by atoms with Crippen LogP contribution in [-0.4, -0.2) is 43.8 Å². The number of nitriles is 1. The highest BCUT2D eigenvalue weighted by Crippen LogP contribution is 2.40. The molecule has 1 aromatic carbocycles.